The van der Waals surface area contributed by atoms with Crippen molar-refractivity contribution in [3.8, 4) is 29.5 Å². The van der Waals surface area contributed by atoms with Crippen molar-refractivity contribution >= 4 is 28.3 Å². The number of rotatable bonds is 13. The normalized spacial score (nSPS) is 18.9. The number of aliphatic carboxylic acids is 1. The first-order valence-electron chi connectivity index (χ1n) is 15.2. The largest absolute Gasteiger partial charge is 0.493 e. The number of halogens is 4. The molecule has 1 aromatic heterocycles. The zero-order valence-corrected chi connectivity index (χ0v) is 27.2. The van der Waals surface area contributed by atoms with Crippen LogP contribution in [-0.2, 0) is 22.3 Å². The van der Waals surface area contributed by atoms with Crippen LogP contribution in [0.4, 0.5) is 22.7 Å². The van der Waals surface area contributed by atoms with Crippen LogP contribution in [0.15, 0.2) is 24.0 Å². The molecule has 4 N–H and O–H groups in total. The van der Waals surface area contributed by atoms with E-state index in [9.17, 15) is 27.2 Å². The minimum Gasteiger partial charge on any atom is -0.493 e. The van der Waals surface area contributed by atoms with Crippen molar-refractivity contribution in [2.24, 2.45) is 0 Å². The molecular formula is C31H39F4N7O4S. The van der Waals surface area contributed by atoms with Crippen molar-refractivity contribution in [3.63, 3.8) is 0 Å². The van der Waals surface area contributed by atoms with Crippen LogP contribution < -0.4 is 20.7 Å². The number of hydrogen-bond donors (Lipinski definition) is 4. The molecule has 0 bridgehead atoms. The summed E-state index contributed by atoms with van der Waals surface area (Å²) in [5, 5.41) is 17.4. The number of carboxylic acids is 1. The molecule has 47 heavy (non-hydrogen) atoms. The molecular weight excluding hydrogens is 642 g/mol. The highest BCUT2D eigenvalue weighted by Crippen LogP contribution is 2.42. The molecule has 0 radical (unpaired) electrons. The minimum absolute atomic E-state index is 0.000703. The van der Waals surface area contributed by atoms with Crippen molar-refractivity contribution in [2.75, 3.05) is 51.7 Å². The first-order valence-corrected chi connectivity index (χ1v) is 16.0. The topological polar surface area (TPSA) is 122 Å². The summed E-state index contributed by atoms with van der Waals surface area (Å²) in [5.41, 5.74) is -1.23. The molecule has 0 saturated carbocycles. The summed E-state index contributed by atoms with van der Waals surface area (Å²) in [5.74, 6) is -3.56. The number of terminal acetylenes is 1. The average Bonchev–Trinajstić information content (AvgIpc) is 3.62. The molecule has 1 aromatic carbocycles. The molecule has 16 heteroatoms. The van der Waals surface area contributed by atoms with Crippen LogP contribution in [0.25, 0.3) is 11.3 Å². The van der Waals surface area contributed by atoms with E-state index in [1.54, 1.807) is 0 Å². The molecule has 3 heterocycles. The average molecular weight is 682 g/mol. The molecule has 1 amide bonds. The molecule has 0 spiro atoms. The molecule has 4 rings (SSSR count). The number of nitrogens with one attached hydrogen (secondary N) is 3. The van der Waals surface area contributed by atoms with E-state index in [-0.39, 0.29) is 40.7 Å². The van der Waals surface area contributed by atoms with E-state index in [1.807, 2.05) is 6.92 Å². The Morgan fingerprint density at radius 3 is 2.57 bits per heavy atom. The predicted molar refractivity (Wildman–Crippen MR) is 170 cm³/mol. The van der Waals surface area contributed by atoms with Gasteiger partial charge in [0.1, 0.15) is 11.3 Å². The maximum atomic E-state index is 14.9. The Hall–Kier alpha value is -3.91. The lowest BCUT2D eigenvalue weighted by atomic mass is 10.0. The van der Waals surface area contributed by atoms with Gasteiger partial charge in [0.2, 0.25) is 0 Å². The highest BCUT2D eigenvalue weighted by molar-refractivity contribution is 7.16. The van der Waals surface area contributed by atoms with E-state index in [4.69, 9.17) is 16.3 Å². The van der Waals surface area contributed by atoms with Crippen molar-refractivity contribution in [1.29, 1.82) is 0 Å². The van der Waals surface area contributed by atoms with E-state index in [1.165, 1.54) is 6.20 Å². The minimum atomic E-state index is -4.88. The molecule has 2 saturated heterocycles. The van der Waals surface area contributed by atoms with Crippen molar-refractivity contribution in [3.05, 3.63) is 40.3 Å². The Balaban J connectivity index is 1.54. The monoisotopic (exact) mass is 681 g/mol. The second kappa shape index (κ2) is 15.8. The Morgan fingerprint density at radius 1 is 1.26 bits per heavy atom. The number of carbonyl (C=O) groups excluding carboxylic acids is 1. The molecule has 2 aliphatic heterocycles. The number of anilines is 1. The van der Waals surface area contributed by atoms with Gasteiger partial charge in [-0.25, -0.2) is 9.37 Å². The van der Waals surface area contributed by atoms with Gasteiger partial charge in [-0.2, -0.15) is 13.2 Å². The first-order chi connectivity index (χ1) is 22.3. The number of benzene rings is 1. The van der Waals surface area contributed by atoms with E-state index in [0.29, 0.717) is 44.1 Å². The standard InChI is InChI=1S/C31H39F4N7O4S/c1-5-36-24(17-37-20(3)41-13-11-40(12-14-41)10-8-26(43)44)29(45)39-30-38-27(25(47-30)18-42-9-6-7-19(42)2)21-15-22(31(33,34)35)28(46-4)23(32)16-21/h1,15-17,19-20,36-37H,6-14,18H2,2-4H3,(H,43,44)(H,38,39,45)/b24-17-. The summed E-state index contributed by atoms with van der Waals surface area (Å²) in [4.78, 5) is 35.6. The van der Waals surface area contributed by atoms with E-state index < -0.39 is 35.2 Å². The fourth-order valence-corrected chi connectivity index (χ4v) is 6.64. The van der Waals surface area contributed by atoms with Crippen molar-refractivity contribution in [2.45, 2.75) is 58.0 Å². The third-order valence-electron chi connectivity index (χ3n) is 8.30. The zero-order valence-electron chi connectivity index (χ0n) is 26.4. The second-order valence-electron chi connectivity index (χ2n) is 11.4. The Morgan fingerprint density at radius 2 is 1.98 bits per heavy atom. The molecule has 0 aliphatic carbocycles. The number of hydrogen-bond acceptors (Lipinski definition) is 10. The molecule has 2 unspecified atom stereocenters. The lowest BCUT2D eigenvalue weighted by Gasteiger charge is -2.37. The lowest BCUT2D eigenvalue weighted by Crippen LogP contribution is -2.53. The third-order valence-corrected chi connectivity index (χ3v) is 9.25. The Kier molecular flexibility index (Phi) is 12.1. The summed E-state index contributed by atoms with van der Waals surface area (Å²) in [6.07, 6.45) is 3.83. The van der Waals surface area contributed by atoms with E-state index >= 15 is 0 Å². The molecule has 2 aromatic rings. The summed E-state index contributed by atoms with van der Waals surface area (Å²) < 4.78 is 61.2. The number of methoxy groups -OCH3 is 1. The van der Waals surface area contributed by atoms with Crippen LogP contribution in [0.1, 0.15) is 43.6 Å². The number of thiazole rings is 1. The van der Waals surface area contributed by atoms with Gasteiger partial charge in [-0.05, 0) is 45.4 Å². The van der Waals surface area contributed by atoms with Crippen LogP contribution in [0.3, 0.4) is 0 Å². The maximum absolute atomic E-state index is 14.9. The van der Waals surface area contributed by atoms with Gasteiger partial charge in [0.25, 0.3) is 5.91 Å². The number of ether oxygens (including phenoxy) is 1. The fourth-order valence-electron chi connectivity index (χ4n) is 5.64. The van der Waals surface area contributed by atoms with Crippen molar-refractivity contribution < 1.29 is 37.0 Å². The molecule has 2 fully saturated rings. The quantitative estimate of drug-likeness (QED) is 0.107. The number of alkyl halides is 3. The number of nitrogens with zero attached hydrogens (tertiary/aromatic N) is 4. The summed E-state index contributed by atoms with van der Waals surface area (Å²) in [7, 11) is 0.972. The number of carbonyl (C=O) groups is 2. The van der Waals surface area contributed by atoms with E-state index in [0.717, 1.165) is 50.0 Å². The predicted octanol–water partition coefficient (Wildman–Crippen LogP) is 3.95. The van der Waals surface area contributed by atoms with Crippen LogP contribution >= 0.6 is 11.3 Å². The van der Waals surface area contributed by atoms with Gasteiger partial charge >= 0.3 is 12.1 Å². The highest BCUT2D eigenvalue weighted by Gasteiger charge is 2.37. The fraction of sp³-hybridized carbons (Fsp3) is 0.516. The number of likely N-dealkylation sites (tertiary alicyclic amines) is 1. The van der Waals surface area contributed by atoms with E-state index in [2.05, 4.69) is 48.6 Å². The first kappa shape index (κ1) is 35.9. The SMILES string of the molecule is C#CN/C(=C\NC(C)N1CCN(CCC(=O)O)CC1)C(=O)Nc1nc(-c2cc(F)c(OC)c(C(F)(F)F)c2)c(CN2CCCC2C)s1. The highest BCUT2D eigenvalue weighted by atomic mass is 32.1. The van der Waals surface area contributed by atoms with Crippen LogP contribution in [-0.4, -0.2) is 95.3 Å². The summed E-state index contributed by atoms with van der Waals surface area (Å²) in [6.45, 7) is 8.37. The second-order valence-corrected chi connectivity index (χ2v) is 12.5. The van der Waals surface area contributed by atoms with Crippen LogP contribution in [0.2, 0.25) is 0 Å². The summed E-state index contributed by atoms with van der Waals surface area (Å²) in [6, 6.07) is 4.22. The van der Waals surface area contributed by atoms with Crippen molar-refractivity contribution in [1.82, 2.24) is 30.3 Å². The molecule has 11 nitrogen and oxygen atoms in total. The maximum Gasteiger partial charge on any atom is 0.420 e. The Bertz CT molecular complexity index is 1500. The van der Waals surface area contributed by atoms with Gasteiger partial charge in [0.05, 0.1) is 25.4 Å². The summed E-state index contributed by atoms with van der Waals surface area (Å²) >= 11 is 1.09. The van der Waals surface area contributed by atoms with Gasteiger partial charge in [0.15, 0.2) is 16.7 Å². The third kappa shape index (κ3) is 9.34. The van der Waals surface area contributed by atoms with Gasteiger partial charge in [-0.3, -0.25) is 24.7 Å². The van der Waals surface area contributed by atoms with Crippen LogP contribution in [0.5, 0.6) is 5.75 Å². The molecule has 256 valence electrons. The molecule has 2 atom stereocenters. The zero-order chi connectivity index (χ0) is 34.3. The number of aromatic nitrogens is 1. The Labute approximate surface area is 274 Å². The number of amides is 1. The molecule has 2 aliphatic rings. The van der Waals surface area contributed by atoms with Gasteiger partial charge < -0.3 is 25.4 Å². The lowest BCUT2D eigenvalue weighted by molar-refractivity contribution is -0.139. The van der Waals surface area contributed by atoms with Gasteiger partial charge in [-0.15, -0.1) is 0 Å². The number of carboxylic acid groups (broad SMARTS) is 1. The smallest absolute Gasteiger partial charge is 0.420 e. The van der Waals surface area contributed by atoms with Gasteiger partial charge in [-0.1, -0.05) is 17.8 Å². The number of piperazine rings is 1. The van der Waals surface area contributed by atoms with Gasteiger partial charge in [0, 0.05) is 68.0 Å². The van der Waals surface area contributed by atoms with Crippen LogP contribution in [0, 0.1) is 18.3 Å².